The molecule has 2 heterocycles. The van der Waals surface area contributed by atoms with Crippen molar-refractivity contribution in [3.63, 3.8) is 0 Å². The van der Waals surface area contributed by atoms with Gasteiger partial charge in [0.05, 0.1) is 11.3 Å². The van der Waals surface area contributed by atoms with E-state index in [-0.39, 0.29) is 5.56 Å². The Labute approximate surface area is 81.0 Å². The molecule has 0 atom stereocenters. The van der Waals surface area contributed by atoms with Crippen molar-refractivity contribution in [3.05, 3.63) is 28.3 Å². The van der Waals surface area contributed by atoms with Crippen LogP contribution in [0.3, 0.4) is 0 Å². The minimum absolute atomic E-state index is 0.0221. The molecule has 2 aromatic heterocycles. The third-order valence-electron chi connectivity index (χ3n) is 2.31. The van der Waals surface area contributed by atoms with Crippen molar-refractivity contribution >= 4 is 0 Å². The van der Waals surface area contributed by atoms with Gasteiger partial charge in [0.25, 0.3) is 5.56 Å². The summed E-state index contributed by atoms with van der Waals surface area (Å²) < 4.78 is 3.16. The number of hydrogen-bond donors (Lipinski definition) is 1. The van der Waals surface area contributed by atoms with E-state index in [0.717, 1.165) is 11.4 Å². The van der Waals surface area contributed by atoms with Crippen LogP contribution < -0.4 is 5.56 Å². The summed E-state index contributed by atoms with van der Waals surface area (Å²) in [5.74, 6) is 0. The van der Waals surface area contributed by atoms with E-state index in [0.29, 0.717) is 5.56 Å². The lowest BCUT2D eigenvalue weighted by Gasteiger charge is -1.97. The quantitative estimate of drug-likeness (QED) is 0.712. The number of aromatic nitrogens is 4. The van der Waals surface area contributed by atoms with E-state index in [2.05, 4.69) is 10.2 Å². The third kappa shape index (κ3) is 1.09. The van der Waals surface area contributed by atoms with Crippen molar-refractivity contribution in [3.8, 4) is 11.3 Å². The normalized spacial score (nSPS) is 10.8. The minimum Gasteiger partial charge on any atom is -0.300 e. The summed E-state index contributed by atoms with van der Waals surface area (Å²) in [5.41, 5.74) is 2.36. The monoisotopic (exact) mass is 192 g/mol. The summed E-state index contributed by atoms with van der Waals surface area (Å²) in [5, 5.41) is 6.99. The van der Waals surface area contributed by atoms with Crippen LogP contribution in [0.25, 0.3) is 11.3 Å². The number of hydrogen-bond acceptors (Lipinski definition) is 2. The summed E-state index contributed by atoms with van der Waals surface area (Å²) in [6.07, 6.45) is 1.68. The molecule has 0 aliphatic rings. The van der Waals surface area contributed by atoms with Gasteiger partial charge in [0.15, 0.2) is 0 Å². The van der Waals surface area contributed by atoms with Crippen molar-refractivity contribution in [2.24, 2.45) is 14.1 Å². The van der Waals surface area contributed by atoms with Gasteiger partial charge in [0, 0.05) is 26.0 Å². The molecule has 2 rings (SSSR count). The predicted molar refractivity (Wildman–Crippen MR) is 53.0 cm³/mol. The van der Waals surface area contributed by atoms with Crippen LogP contribution in [-0.4, -0.2) is 19.6 Å². The van der Waals surface area contributed by atoms with Gasteiger partial charge in [-0.1, -0.05) is 0 Å². The molecule has 0 saturated heterocycles. The second kappa shape index (κ2) is 2.87. The van der Waals surface area contributed by atoms with Gasteiger partial charge >= 0.3 is 0 Å². The second-order valence-electron chi connectivity index (χ2n) is 3.32. The molecule has 0 aromatic carbocycles. The van der Waals surface area contributed by atoms with E-state index in [1.165, 1.54) is 4.68 Å². The fourth-order valence-electron chi connectivity index (χ4n) is 1.61. The molecule has 5 nitrogen and oxygen atoms in total. The zero-order valence-corrected chi connectivity index (χ0v) is 8.40. The first kappa shape index (κ1) is 8.80. The molecule has 2 aromatic rings. The Morgan fingerprint density at radius 1 is 1.43 bits per heavy atom. The topological polar surface area (TPSA) is 55.6 Å². The number of nitrogens with one attached hydrogen (secondary N) is 1. The first-order valence-corrected chi connectivity index (χ1v) is 4.35. The van der Waals surface area contributed by atoms with Crippen molar-refractivity contribution in [1.29, 1.82) is 0 Å². The maximum absolute atomic E-state index is 11.7. The van der Waals surface area contributed by atoms with Gasteiger partial charge < -0.3 is 0 Å². The van der Waals surface area contributed by atoms with Crippen LogP contribution in [0.15, 0.2) is 17.1 Å². The van der Waals surface area contributed by atoms with E-state index < -0.39 is 0 Å². The lowest BCUT2D eigenvalue weighted by Crippen LogP contribution is -2.14. The van der Waals surface area contributed by atoms with Gasteiger partial charge in [-0.25, -0.2) is 0 Å². The summed E-state index contributed by atoms with van der Waals surface area (Å²) in [6.45, 7) is 1.88. The summed E-state index contributed by atoms with van der Waals surface area (Å²) in [6, 6.07) is 1.83. The van der Waals surface area contributed by atoms with E-state index in [1.807, 2.05) is 20.0 Å². The van der Waals surface area contributed by atoms with Crippen molar-refractivity contribution in [2.75, 3.05) is 0 Å². The SMILES string of the molecule is Cc1[nH]n(C)c(=O)c1-c1ccnn1C. The Morgan fingerprint density at radius 3 is 2.57 bits per heavy atom. The van der Waals surface area contributed by atoms with Gasteiger partial charge in [-0.05, 0) is 13.0 Å². The van der Waals surface area contributed by atoms with Gasteiger partial charge in [-0.15, -0.1) is 0 Å². The second-order valence-corrected chi connectivity index (χ2v) is 3.32. The lowest BCUT2D eigenvalue weighted by atomic mass is 10.2. The van der Waals surface area contributed by atoms with E-state index in [1.54, 1.807) is 17.9 Å². The first-order chi connectivity index (χ1) is 6.61. The predicted octanol–water partition coefficient (Wildman–Crippen LogP) is 0.422. The van der Waals surface area contributed by atoms with E-state index in [4.69, 9.17) is 0 Å². The number of nitrogens with zero attached hydrogens (tertiary/aromatic N) is 3. The number of rotatable bonds is 1. The van der Waals surface area contributed by atoms with Crippen LogP contribution in [0.4, 0.5) is 0 Å². The average Bonchev–Trinajstić information content (AvgIpc) is 2.60. The summed E-state index contributed by atoms with van der Waals surface area (Å²) in [4.78, 5) is 11.7. The third-order valence-corrected chi connectivity index (χ3v) is 2.31. The highest BCUT2D eigenvalue weighted by Crippen LogP contribution is 2.16. The fraction of sp³-hybridized carbons (Fsp3) is 0.333. The van der Waals surface area contributed by atoms with Gasteiger partial charge in [-0.3, -0.25) is 19.3 Å². The van der Waals surface area contributed by atoms with Crippen LogP contribution in [-0.2, 0) is 14.1 Å². The zero-order valence-electron chi connectivity index (χ0n) is 8.40. The Morgan fingerprint density at radius 2 is 2.14 bits per heavy atom. The van der Waals surface area contributed by atoms with Gasteiger partial charge in [0.2, 0.25) is 0 Å². The van der Waals surface area contributed by atoms with Gasteiger partial charge in [-0.2, -0.15) is 5.10 Å². The lowest BCUT2D eigenvalue weighted by molar-refractivity contribution is 0.730. The maximum Gasteiger partial charge on any atom is 0.275 e. The maximum atomic E-state index is 11.7. The highest BCUT2D eigenvalue weighted by molar-refractivity contribution is 5.60. The number of aromatic amines is 1. The van der Waals surface area contributed by atoms with E-state index >= 15 is 0 Å². The average molecular weight is 192 g/mol. The molecule has 0 radical (unpaired) electrons. The molecule has 0 unspecified atom stereocenters. The molecule has 0 aliphatic heterocycles. The van der Waals surface area contributed by atoms with E-state index in [9.17, 15) is 4.79 Å². The Balaban J connectivity index is 2.74. The molecule has 0 fully saturated rings. The van der Waals surface area contributed by atoms with Gasteiger partial charge in [0.1, 0.15) is 0 Å². The first-order valence-electron chi connectivity index (χ1n) is 4.35. The smallest absolute Gasteiger partial charge is 0.275 e. The molecule has 0 amide bonds. The minimum atomic E-state index is -0.0221. The van der Waals surface area contributed by atoms with Crippen LogP contribution >= 0.6 is 0 Å². The Bertz CT molecular complexity index is 517. The molecular weight excluding hydrogens is 180 g/mol. The van der Waals surface area contributed by atoms with Crippen LogP contribution in [0.1, 0.15) is 5.69 Å². The highest BCUT2D eigenvalue weighted by atomic mass is 16.1. The fourth-order valence-corrected chi connectivity index (χ4v) is 1.61. The van der Waals surface area contributed by atoms with Crippen LogP contribution in [0.2, 0.25) is 0 Å². The number of aryl methyl sites for hydroxylation is 3. The molecule has 0 aliphatic carbocycles. The van der Waals surface area contributed by atoms with Crippen molar-refractivity contribution in [2.45, 2.75) is 6.92 Å². The Hall–Kier alpha value is -1.78. The molecule has 0 spiro atoms. The molecule has 1 N–H and O–H groups in total. The molecule has 5 heteroatoms. The number of H-pyrrole nitrogens is 1. The van der Waals surface area contributed by atoms with Crippen molar-refractivity contribution < 1.29 is 0 Å². The summed E-state index contributed by atoms with van der Waals surface area (Å²) in [7, 11) is 3.52. The standard InChI is InChI=1S/C9H12N4O/c1-6-8(9(14)13(3)11-6)7-4-5-10-12(7)2/h4-5,11H,1-3H3. The zero-order chi connectivity index (χ0) is 10.3. The molecule has 74 valence electrons. The summed E-state index contributed by atoms with van der Waals surface area (Å²) >= 11 is 0. The van der Waals surface area contributed by atoms with Crippen LogP contribution in [0.5, 0.6) is 0 Å². The highest BCUT2D eigenvalue weighted by Gasteiger charge is 2.13. The molecular formula is C9H12N4O. The molecule has 0 saturated carbocycles. The van der Waals surface area contributed by atoms with Crippen LogP contribution in [0, 0.1) is 6.92 Å². The van der Waals surface area contributed by atoms with Crippen molar-refractivity contribution in [1.82, 2.24) is 19.6 Å². The molecule has 14 heavy (non-hydrogen) atoms. The largest absolute Gasteiger partial charge is 0.300 e. The molecule has 0 bridgehead atoms. The Kier molecular flexibility index (Phi) is 1.80.